The van der Waals surface area contributed by atoms with Crippen LogP contribution in [0.4, 0.5) is 0 Å². The van der Waals surface area contributed by atoms with Crippen molar-refractivity contribution in [1.82, 2.24) is 9.55 Å². The van der Waals surface area contributed by atoms with E-state index >= 15 is 0 Å². The Balaban J connectivity index is 1.61. The number of cyclic esters (lactones) is 1. The van der Waals surface area contributed by atoms with Crippen LogP contribution in [0, 0.1) is 0 Å². The quantitative estimate of drug-likeness (QED) is 0.472. The highest BCUT2D eigenvalue weighted by Gasteiger charge is 2.34. The van der Waals surface area contributed by atoms with Crippen molar-refractivity contribution < 1.29 is 24.1 Å². The maximum absolute atomic E-state index is 13.1. The van der Waals surface area contributed by atoms with Gasteiger partial charge in [0.05, 0.1) is 29.0 Å². The lowest BCUT2D eigenvalue weighted by molar-refractivity contribution is -0.157. The third-order valence-electron chi connectivity index (χ3n) is 6.20. The van der Waals surface area contributed by atoms with Gasteiger partial charge in [-0.15, -0.1) is 0 Å². The highest BCUT2D eigenvalue weighted by atomic mass is 16.6. The maximum atomic E-state index is 13.1. The Kier molecular flexibility index (Phi) is 3.74. The molecular weight excluding hydrogens is 400 g/mol. The number of carbonyl (C=O) groups is 1. The number of benzene rings is 1. The normalized spacial score (nSPS) is 18.6. The molecule has 3 aliphatic rings. The molecule has 0 bridgehead atoms. The second kappa shape index (κ2) is 6.31. The van der Waals surface area contributed by atoms with Gasteiger partial charge in [0.25, 0.3) is 5.56 Å². The van der Waals surface area contributed by atoms with Gasteiger partial charge in [-0.05, 0) is 18.1 Å². The van der Waals surface area contributed by atoms with E-state index in [0.29, 0.717) is 48.0 Å². The minimum absolute atomic E-state index is 0.130. The summed E-state index contributed by atoms with van der Waals surface area (Å²) in [6.45, 7) is 5.44. The van der Waals surface area contributed by atoms with Crippen LogP contribution in [0.3, 0.4) is 0 Å². The molecule has 0 aliphatic carbocycles. The molecule has 3 aliphatic heterocycles. The van der Waals surface area contributed by atoms with Crippen molar-refractivity contribution in [3.05, 3.63) is 50.8 Å². The molecule has 5 heterocycles. The molecule has 8 nitrogen and oxygen atoms in total. The lowest BCUT2D eigenvalue weighted by Gasteiger charge is -2.24. The summed E-state index contributed by atoms with van der Waals surface area (Å²) in [6.07, 6.45) is -1.46. The lowest BCUT2D eigenvalue weighted by Crippen LogP contribution is -2.32. The van der Waals surface area contributed by atoms with E-state index in [2.05, 4.69) is 19.9 Å². The van der Waals surface area contributed by atoms with Crippen LogP contribution in [0.2, 0.25) is 0 Å². The fourth-order valence-electron chi connectivity index (χ4n) is 4.78. The van der Waals surface area contributed by atoms with Crippen molar-refractivity contribution in [3.8, 4) is 22.9 Å². The number of pyridine rings is 2. The summed E-state index contributed by atoms with van der Waals surface area (Å²) in [6, 6.07) is 5.63. The van der Waals surface area contributed by atoms with Gasteiger partial charge >= 0.3 is 5.97 Å². The van der Waals surface area contributed by atoms with Crippen LogP contribution in [0.25, 0.3) is 22.3 Å². The van der Waals surface area contributed by atoms with Crippen LogP contribution in [-0.4, -0.2) is 33.8 Å². The first-order valence-electron chi connectivity index (χ1n) is 10.3. The molecule has 0 amide bonds. The van der Waals surface area contributed by atoms with Crippen LogP contribution in [0.5, 0.6) is 11.5 Å². The molecular formula is C23H20N2O6. The molecule has 158 valence electrons. The Morgan fingerprint density at radius 1 is 1.13 bits per heavy atom. The van der Waals surface area contributed by atoms with E-state index in [1.807, 2.05) is 6.07 Å². The zero-order valence-electron chi connectivity index (χ0n) is 17.1. The van der Waals surface area contributed by atoms with Crippen LogP contribution >= 0.6 is 0 Å². The van der Waals surface area contributed by atoms with Gasteiger partial charge in [-0.2, -0.15) is 0 Å². The van der Waals surface area contributed by atoms with Crippen molar-refractivity contribution in [1.29, 1.82) is 0 Å². The van der Waals surface area contributed by atoms with E-state index in [1.54, 1.807) is 10.6 Å². The first-order valence-corrected chi connectivity index (χ1v) is 10.3. The zero-order chi connectivity index (χ0) is 21.4. The van der Waals surface area contributed by atoms with Crippen LogP contribution < -0.4 is 15.0 Å². The topological polar surface area (TPSA) is 99.9 Å². The minimum atomic E-state index is -1.46. The molecule has 6 rings (SSSR count). The number of aliphatic hydroxyl groups is 1. The number of hydrogen-bond acceptors (Lipinski definition) is 7. The first-order chi connectivity index (χ1) is 14.9. The van der Waals surface area contributed by atoms with Crippen molar-refractivity contribution in [3.63, 3.8) is 0 Å². The van der Waals surface area contributed by atoms with Gasteiger partial charge in [0.1, 0.15) is 19.8 Å². The molecule has 1 aromatic carbocycles. The number of carbonyl (C=O) groups excluding carboxylic acids is 1. The fourth-order valence-corrected chi connectivity index (χ4v) is 4.78. The Morgan fingerprint density at radius 3 is 2.74 bits per heavy atom. The number of hydrogen-bond donors (Lipinski definition) is 1. The molecule has 8 heteroatoms. The molecule has 0 saturated heterocycles. The second-order valence-electron chi connectivity index (χ2n) is 8.40. The molecule has 1 unspecified atom stereocenters. The molecule has 0 saturated carbocycles. The molecule has 2 aromatic heterocycles. The van der Waals surface area contributed by atoms with E-state index in [0.717, 1.165) is 27.8 Å². The Morgan fingerprint density at radius 2 is 1.94 bits per heavy atom. The number of esters is 1. The summed E-state index contributed by atoms with van der Waals surface area (Å²) in [5.74, 6) is 0.884. The average Bonchev–Trinajstić information content (AvgIpc) is 3.11. The predicted octanol–water partition coefficient (Wildman–Crippen LogP) is 2.41. The van der Waals surface area contributed by atoms with E-state index in [-0.39, 0.29) is 18.1 Å². The first kappa shape index (κ1) is 18.4. The van der Waals surface area contributed by atoms with Gasteiger partial charge < -0.3 is 23.9 Å². The standard InChI is InChI=1S/C23H20N2O6/c1-10(2)18-13-5-11-8-25-16(6-12-14(22(25)27)9-31-23(28)20(12)26)19(11)24-15(13)7-17-21(18)30-4-3-29-17/h5-7,10,20,26H,3-4,8-9H2,1-2H3. The monoisotopic (exact) mass is 420 g/mol. The molecule has 0 fully saturated rings. The smallest absolute Gasteiger partial charge is 0.340 e. The number of nitrogens with zero attached hydrogens (tertiary/aromatic N) is 2. The van der Waals surface area contributed by atoms with Gasteiger partial charge in [0.15, 0.2) is 17.6 Å². The summed E-state index contributed by atoms with van der Waals surface area (Å²) in [5, 5.41) is 11.2. The third-order valence-corrected chi connectivity index (χ3v) is 6.20. The van der Waals surface area contributed by atoms with Crippen molar-refractivity contribution >= 4 is 16.9 Å². The number of aliphatic hydroxyl groups excluding tert-OH is 1. The SMILES string of the molecule is CC(C)c1c2c(cc3nc4c(cc13)Cn1c-4cc3c(c1=O)COC(=O)C3O)OCCO2. The van der Waals surface area contributed by atoms with E-state index in [1.165, 1.54) is 0 Å². The predicted molar refractivity (Wildman–Crippen MR) is 110 cm³/mol. The highest BCUT2D eigenvalue weighted by Crippen LogP contribution is 2.44. The number of aromatic nitrogens is 2. The van der Waals surface area contributed by atoms with E-state index in [9.17, 15) is 14.7 Å². The van der Waals surface area contributed by atoms with Crippen molar-refractivity contribution in [2.45, 2.75) is 39.0 Å². The van der Waals surface area contributed by atoms with Crippen LogP contribution in [0.15, 0.2) is 23.0 Å². The van der Waals surface area contributed by atoms with Crippen LogP contribution in [-0.2, 0) is 22.7 Å². The summed E-state index contributed by atoms with van der Waals surface area (Å²) in [7, 11) is 0. The molecule has 1 N–H and O–H groups in total. The average molecular weight is 420 g/mol. The van der Waals surface area contributed by atoms with Gasteiger partial charge in [-0.25, -0.2) is 9.78 Å². The maximum Gasteiger partial charge on any atom is 0.340 e. The number of ether oxygens (including phenoxy) is 3. The van der Waals surface area contributed by atoms with Gasteiger partial charge in [0.2, 0.25) is 0 Å². The third kappa shape index (κ3) is 2.48. The molecule has 0 radical (unpaired) electrons. The minimum Gasteiger partial charge on any atom is -0.486 e. The fraction of sp³-hybridized carbons (Fsp3) is 0.348. The largest absolute Gasteiger partial charge is 0.486 e. The summed E-state index contributed by atoms with van der Waals surface area (Å²) in [5.41, 5.74) is 4.31. The Labute approximate surface area is 177 Å². The summed E-state index contributed by atoms with van der Waals surface area (Å²) < 4.78 is 18.3. The second-order valence-corrected chi connectivity index (χ2v) is 8.40. The summed E-state index contributed by atoms with van der Waals surface area (Å²) in [4.78, 5) is 29.8. The van der Waals surface area contributed by atoms with Gasteiger partial charge in [0, 0.05) is 28.1 Å². The van der Waals surface area contributed by atoms with Crippen LogP contribution in [0.1, 0.15) is 48.1 Å². The van der Waals surface area contributed by atoms with Crippen molar-refractivity contribution in [2.24, 2.45) is 0 Å². The van der Waals surface area contributed by atoms with Gasteiger partial charge in [-0.3, -0.25) is 4.79 Å². The lowest BCUT2D eigenvalue weighted by atomic mass is 9.94. The molecule has 1 atom stereocenters. The zero-order valence-corrected chi connectivity index (χ0v) is 17.1. The molecule has 31 heavy (non-hydrogen) atoms. The Bertz CT molecular complexity index is 1360. The molecule has 3 aromatic rings. The number of rotatable bonds is 1. The summed E-state index contributed by atoms with van der Waals surface area (Å²) >= 11 is 0. The van der Waals surface area contributed by atoms with E-state index in [4.69, 9.17) is 19.2 Å². The van der Waals surface area contributed by atoms with Gasteiger partial charge in [-0.1, -0.05) is 13.8 Å². The highest BCUT2D eigenvalue weighted by molar-refractivity contribution is 5.91. The Hall–Kier alpha value is -3.39. The molecule has 0 spiro atoms. The number of fused-ring (bicyclic) bond motifs is 6. The van der Waals surface area contributed by atoms with E-state index < -0.39 is 12.1 Å². The van der Waals surface area contributed by atoms with Crippen molar-refractivity contribution in [2.75, 3.05) is 13.2 Å².